The van der Waals surface area contributed by atoms with E-state index in [1.807, 2.05) is 139 Å². The standard InChI is InChI=1S/C23H21N3O2.C21H25N3O2.C2H6/c1-22(2)17-19(23(3,4)28-22)26-13-16(14-9-6-5-7-10-14)18-15(11-8-12-24-18)20(26)25-21(17)27;1-19(2,3)14-9-8-12-13(22-14)10-11-24-16-15(18(25)23-17(12)24)20(4,5)26-21(16,6)7;1-2/h5-13H,1-4H3;8-11H,1-7H3;1-2H3. The summed E-state index contributed by atoms with van der Waals surface area (Å²) >= 11 is 0. The van der Waals surface area contributed by atoms with Crippen LogP contribution in [0.5, 0.6) is 0 Å². The molecule has 0 aliphatic carbocycles. The number of hydrogen-bond donors (Lipinski definition) is 0. The summed E-state index contributed by atoms with van der Waals surface area (Å²) in [7, 11) is 0. The molecule has 10 heteroatoms. The van der Waals surface area contributed by atoms with Crippen LogP contribution in [-0.4, -0.2) is 28.7 Å². The molecule has 10 nitrogen and oxygen atoms in total. The zero-order chi connectivity index (χ0) is 40.7. The Labute approximate surface area is 327 Å². The second-order valence-electron chi connectivity index (χ2n) is 17.4. The van der Waals surface area contributed by atoms with Crippen molar-refractivity contribution < 1.29 is 9.47 Å². The summed E-state index contributed by atoms with van der Waals surface area (Å²) in [6.45, 7) is 26.1. The highest BCUT2D eigenvalue weighted by Crippen LogP contribution is 2.47. The Morgan fingerprint density at radius 3 is 1.73 bits per heavy atom. The third-order valence-electron chi connectivity index (χ3n) is 10.6. The molecule has 7 aromatic rings. The molecular weight excluding hydrogens is 701 g/mol. The Morgan fingerprint density at radius 1 is 0.607 bits per heavy atom. The highest BCUT2D eigenvalue weighted by Gasteiger charge is 2.48. The van der Waals surface area contributed by atoms with Gasteiger partial charge in [-0.1, -0.05) is 65.0 Å². The van der Waals surface area contributed by atoms with Gasteiger partial charge < -0.3 is 18.3 Å². The van der Waals surface area contributed by atoms with E-state index in [9.17, 15) is 9.59 Å². The van der Waals surface area contributed by atoms with Crippen molar-refractivity contribution in [1.82, 2.24) is 28.7 Å². The van der Waals surface area contributed by atoms with Crippen LogP contribution in [0.3, 0.4) is 0 Å². The molecule has 2 aliphatic heterocycles. The van der Waals surface area contributed by atoms with Crippen molar-refractivity contribution in [2.24, 2.45) is 0 Å². The smallest absolute Gasteiger partial charge is 0.279 e. The van der Waals surface area contributed by atoms with Crippen molar-refractivity contribution >= 4 is 33.1 Å². The van der Waals surface area contributed by atoms with Crippen molar-refractivity contribution in [3.8, 4) is 11.1 Å². The summed E-state index contributed by atoms with van der Waals surface area (Å²) in [5.74, 6) is 0. The topological polar surface area (TPSA) is 113 Å². The van der Waals surface area contributed by atoms with Crippen LogP contribution in [0.2, 0.25) is 0 Å². The molecule has 6 aromatic heterocycles. The SMILES string of the molecule is CC.CC(C)(C)c1ccc2c(ccn3c4c(c(=O)nc23)C(C)(C)OC4(C)C)n1.CC1(C)OC(C)(C)c2c1c(=O)nc1c3cccnc3c(-c3ccccc3)cn21. The van der Waals surface area contributed by atoms with Gasteiger partial charge in [0.1, 0.15) is 11.2 Å². The molecule has 0 spiro atoms. The third-order valence-corrected chi connectivity index (χ3v) is 10.6. The van der Waals surface area contributed by atoms with Crippen LogP contribution in [0, 0.1) is 0 Å². The molecule has 9 rings (SSSR count). The maximum Gasteiger partial charge on any atom is 0.279 e. The van der Waals surface area contributed by atoms with Crippen LogP contribution >= 0.6 is 0 Å². The second-order valence-corrected chi connectivity index (χ2v) is 17.4. The van der Waals surface area contributed by atoms with Crippen molar-refractivity contribution in [2.45, 2.75) is 118 Å². The number of ether oxygens (including phenoxy) is 2. The minimum atomic E-state index is -0.694. The summed E-state index contributed by atoms with van der Waals surface area (Å²) < 4.78 is 16.5. The fourth-order valence-electron chi connectivity index (χ4n) is 8.63. The van der Waals surface area contributed by atoms with Crippen LogP contribution in [0.15, 0.2) is 88.8 Å². The summed E-state index contributed by atoms with van der Waals surface area (Å²) in [5.41, 5.74) is 5.96. The predicted molar refractivity (Wildman–Crippen MR) is 223 cm³/mol. The number of fused-ring (bicyclic) bond motifs is 10. The van der Waals surface area contributed by atoms with E-state index in [0.29, 0.717) is 22.4 Å². The number of rotatable bonds is 1. The average Bonchev–Trinajstić information content (AvgIpc) is 3.47. The quantitative estimate of drug-likeness (QED) is 0.153. The van der Waals surface area contributed by atoms with Gasteiger partial charge in [0.05, 0.1) is 44.8 Å². The summed E-state index contributed by atoms with van der Waals surface area (Å²) in [5, 5.41) is 1.73. The van der Waals surface area contributed by atoms with Crippen LogP contribution < -0.4 is 11.1 Å². The minimum Gasteiger partial charge on any atom is -0.358 e. The Kier molecular flexibility index (Phi) is 9.13. The average molecular weight is 753 g/mol. The van der Waals surface area contributed by atoms with Crippen molar-refractivity contribution in [2.75, 3.05) is 0 Å². The zero-order valence-electron chi connectivity index (χ0n) is 34.8. The van der Waals surface area contributed by atoms with Gasteiger partial charge in [-0.2, -0.15) is 9.97 Å². The van der Waals surface area contributed by atoms with E-state index in [-0.39, 0.29) is 16.5 Å². The van der Waals surface area contributed by atoms with E-state index in [0.717, 1.165) is 50.0 Å². The lowest BCUT2D eigenvalue weighted by atomic mass is 9.91. The van der Waals surface area contributed by atoms with Gasteiger partial charge in [-0.15, -0.1) is 0 Å². The molecule has 0 atom stereocenters. The second kappa shape index (κ2) is 13.1. The Morgan fingerprint density at radius 2 is 1.16 bits per heavy atom. The van der Waals surface area contributed by atoms with Crippen LogP contribution in [0.1, 0.15) is 118 Å². The van der Waals surface area contributed by atoms with E-state index in [2.05, 4.69) is 47.9 Å². The molecule has 0 N–H and O–H groups in total. The molecule has 0 radical (unpaired) electrons. The maximum absolute atomic E-state index is 13.0. The minimum absolute atomic E-state index is 0.0365. The van der Waals surface area contributed by atoms with Gasteiger partial charge in [-0.25, -0.2) is 0 Å². The maximum atomic E-state index is 13.0. The number of pyridine rings is 4. The van der Waals surface area contributed by atoms with E-state index in [1.54, 1.807) is 6.20 Å². The molecular formula is C46H52N6O4. The van der Waals surface area contributed by atoms with Gasteiger partial charge in [0.25, 0.3) is 11.1 Å². The number of nitrogens with zero attached hydrogens (tertiary/aromatic N) is 6. The van der Waals surface area contributed by atoms with Crippen LogP contribution in [0.4, 0.5) is 0 Å². The fourth-order valence-corrected chi connectivity index (χ4v) is 8.63. The Hall–Kier alpha value is -5.32. The normalized spacial score (nSPS) is 17.2. The fraction of sp³-hybridized carbons (Fsp3) is 0.391. The summed E-state index contributed by atoms with van der Waals surface area (Å²) in [6.07, 6.45) is 5.76. The van der Waals surface area contributed by atoms with Crippen LogP contribution in [-0.2, 0) is 37.3 Å². The predicted octanol–water partition coefficient (Wildman–Crippen LogP) is 9.48. The third kappa shape index (κ3) is 6.19. The molecule has 2 aliphatic rings. The van der Waals surface area contributed by atoms with Gasteiger partial charge in [-0.05, 0) is 91.3 Å². The molecule has 0 saturated carbocycles. The Balaban J connectivity index is 0.000000165. The van der Waals surface area contributed by atoms with Crippen molar-refractivity contribution in [3.63, 3.8) is 0 Å². The highest BCUT2D eigenvalue weighted by atomic mass is 16.5. The van der Waals surface area contributed by atoms with Crippen molar-refractivity contribution in [3.05, 3.63) is 128 Å². The molecule has 0 bridgehead atoms. The van der Waals surface area contributed by atoms with Gasteiger partial charge in [0.15, 0.2) is 11.3 Å². The lowest BCUT2D eigenvalue weighted by molar-refractivity contribution is -0.107. The molecule has 0 fully saturated rings. The first kappa shape index (κ1) is 38.9. The first-order valence-electron chi connectivity index (χ1n) is 19.4. The monoisotopic (exact) mass is 752 g/mol. The summed E-state index contributed by atoms with van der Waals surface area (Å²) in [6, 6.07) is 20.0. The molecule has 290 valence electrons. The zero-order valence-corrected chi connectivity index (χ0v) is 34.8. The van der Waals surface area contributed by atoms with E-state index in [1.165, 1.54) is 0 Å². The highest BCUT2D eigenvalue weighted by molar-refractivity contribution is 6.00. The largest absolute Gasteiger partial charge is 0.358 e. The molecule has 8 heterocycles. The first-order valence-corrected chi connectivity index (χ1v) is 19.4. The van der Waals surface area contributed by atoms with Gasteiger partial charge in [-0.3, -0.25) is 19.6 Å². The molecule has 0 amide bonds. The molecule has 0 saturated heterocycles. The lowest BCUT2D eigenvalue weighted by Crippen LogP contribution is -2.27. The molecule has 56 heavy (non-hydrogen) atoms. The summed E-state index contributed by atoms with van der Waals surface area (Å²) in [4.78, 5) is 44.2. The van der Waals surface area contributed by atoms with Gasteiger partial charge >= 0.3 is 0 Å². The van der Waals surface area contributed by atoms with Crippen molar-refractivity contribution in [1.29, 1.82) is 0 Å². The van der Waals surface area contributed by atoms with Crippen LogP contribution in [0.25, 0.3) is 44.2 Å². The first-order chi connectivity index (χ1) is 26.2. The lowest BCUT2D eigenvalue weighted by Gasteiger charge is -2.24. The number of hydrogen-bond acceptors (Lipinski definition) is 8. The van der Waals surface area contributed by atoms with Gasteiger partial charge in [0, 0.05) is 46.0 Å². The number of benzene rings is 1. The van der Waals surface area contributed by atoms with E-state index >= 15 is 0 Å². The van der Waals surface area contributed by atoms with E-state index < -0.39 is 22.4 Å². The van der Waals surface area contributed by atoms with Gasteiger partial charge in [0.2, 0.25) is 0 Å². The number of aromatic nitrogens is 6. The van der Waals surface area contributed by atoms with E-state index in [4.69, 9.17) is 14.5 Å². The molecule has 0 unspecified atom stereocenters. The Bertz CT molecular complexity index is 2810. The molecule has 1 aromatic carbocycles.